The van der Waals surface area contributed by atoms with E-state index in [0.29, 0.717) is 12.2 Å². The van der Waals surface area contributed by atoms with Gasteiger partial charge < -0.3 is 13.8 Å². The van der Waals surface area contributed by atoms with Crippen LogP contribution in [0.5, 0.6) is 11.5 Å². The minimum Gasteiger partial charge on any atom is -0.744 e. The number of hydrogen-bond acceptors (Lipinski definition) is 7. The second kappa shape index (κ2) is 17.5. The summed E-state index contributed by atoms with van der Waals surface area (Å²) in [5.41, 5.74) is 0.807. The second-order valence-corrected chi connectivity index (χ2v) is 10.9. The van der Waals surface area contributed by atoms with Crippen molar-refractivity contribution in [1.29, 1.82) is 0 Å². The zero-order valence-electron chi connectivity index (χ0n) is 21.0. The molecule has 0 unspecified atom stereocenters. The van der Waals surface area contributed by atoms with Gasteiger partial charge in [-0.3, -0.25) is 0 Å². The van der Waals surface area contributed by atoms with Crippen LogP contribution in [0.1, 0.15) is 76.7 Å². The topological polar surface area (TPSA) is 124 Å². The molecule has 7 nitrogen and oxygen atoms in total. The van der Waals surface area contributed by atoms with Crippen LogP contribution in [-0.2, 0) is 26.7 Å². The van der Waals surface area contributed by atoms with E-state index in [1.54, 1.807) is 12.1 Å². The van der Waals surface area contributed by atoms with Gasteiger partial charge in [-0.25, -0.2) is 16.8 Å². The zero-order valence-corrected chi connectivity index (χ0v) is 26.6. The van der Waals surface area contributed by atoms with Gasteiger partial charge in [0, 0.05) is 0 Å². The third kappa shape index (κ3) is 12.9. The molecule has 0 aliphatic rings. The molecule has 0 bridgehead atoms. The fraction of sp³-hybridized carbons (Fsp3) is 0.500. The van der Waals surface area contributed by atoms with E-state index in [1.165, 1.54) is 44.9 Å². The van der Waals surface area contributed by atoms with Crippen molar-refractivity contribution >= 4 is 20.2 Å². The van der Waals surface area contributed by atoms with Gasteiger partial charge in [0.1, 0.15) is 31.7 Å². The first-order valence-electron chi connectivity index (χ1n) is 11.4. The number of benzene rings is 2. The van der Waals surface area contributed by atoms with Crippen molar-refractivity contribution in [2.75, 3.05) is 0 Å². The molecule has 0 atom stereocenters. The molecule has 35 heavy (non-hydrogen) atoms. The zero-order chi connectivity index (χ0) is 24.3. The number of hydrogen-bond donors (Lipinski definition) is 0. The fourth-order valence-electron chi connectivity index (χ4n) is 3.66. The molecule has 0 fully saturated rings. The van der Waals surface area contributed by atoms with Crippen LogP contribution in [0, 0.1) is 0 Å². The molecule has 2 aromatic carbocycles. The van der Waals surface area contributed by atoms with Crippen LogP contribution in [-0.4, -0.2) is 25.9 Å². The van der Waals surface area contributed by atoms with E-state index in [-0.39, 0.29) is 59.1 Å². The molecule has 0 saturated carbocycles. The number of unbranched alkanes of at least 4 members (excludes halogenated alkanes) is 9. The first-order valence-corrected chi connectivity index (χ1v) is 14.3. The van der Waals surface area contributed by atoms with Gasteiger partial charge in [-0.2, -0.15) is 0 Å². The van der Waals surface area contributed by atoms with Crippen LogP contribution in [0.4, 0.5) is 0 Å². The molecule has 0 aliphatic heterocycles. The number of rotatable bonds is 15. The summed E-state index contributed by atoms with van der Waals surface area (Å²) < 4.78 is 74.5. The van der Waals surface area contributed by atoms with Crippen LogP contribution >= 0.6 is 0 Å². The quantitative estimate of drug-likeness (QED) is 0.173. The minimum absolute atomic E-state index is 0. The van der Waals surface area contributed by atoms with Crippen LogP contribution < -0.4 is 63.9 Å². The first kappa shape index (κ1) is 35.1. The van der Waals surface area contributed by atoms with Crippen molar-refractivity contribution in [1.82, 2.24) is 0 Å². The predicted molar refractivity (Wildman–Crippen MR) is 124 cm³/mol. The maximum Gasteiger partial charge on any atom is 1.00 e. The van der Waals surface area contributed by atoms with Gasteiger partial charge in [0.2, 0.25) is 0 Å². The first-order chi connectivity index (χ1) is 15.6. The van der Waals surface area contributed by atoms with Crippen LogP contribution in [0.3, 0.4) is 0 Å². The Morgan fingerprint density at radius 3 is 1.77 bits per heavy atom. The summed E-state index contributed by atoms with van der Waals surface area (Å²) in [4.78, 5) is -1.39. The number of aryl methyl sites for hydroxylation is 1. The number of ether oxygens (including phenoxy) is 1. The molecule has 0 amide bonds. The summed E-state index contributed by atoms with van der Waals surface area (Å²) in [7, 11) is -9.79. The molecule has 2 rings (SSSR count). The Morgan fingerprint density at radius 2 is 1.23 bits per heavy atom. The van der Waals surface area contributed by atoms with Crippen molar-refractivity contribution in [2.45, 2.75) is 87.3 Å². The second-order valence-electron chi connectivity index (χ2n) is 8.16. The Hall–Kier alpha value is 0.0600. The normalized spacial score (nSPS) is 11.4. The van der Waals surface area contributed by atoms with E-state index < -0.39 is 35.8 Å². The molecule has 0 spiro atoms. The summed E-state index contributed by atoms with van der Waals surface area (Å²) in [6.07, 6.45) is 12.7. The van der Waals surface area contributed by atoms with Crippen molar-refractivity contribution in [2.24, 2.45) is 0 Å². The molecular weight excluding hydrogens is 510 g/mol. The van der Waals surface area contributed by atoms with E-state index in [2.05, 4.69) is 6.92 Å². The van der Waals surface area contributed by atoms with Crippen molar-refractivity contribution in [3.05, 3.63) is 48.0 Å². The van der Waals surface area contributed by atoms with Crippen LogP contribution in [0.2, 0.25) is 0 Å². The SMILES string of the molecule is CCCCCCCCCCCCc1ccccc1Oc1cc(S(=O)(=O)[O-])ccc1S(=O)(=O)[O-].[Na+].[Na+]. The largest absolute Gasteiger partial charge is 1.00 e. The smallest absolute Gasteiger partial charge is 0.744 e. The Bertz CT molecular complexity index is 1100. The van der Waals surface area contributed by atoms with Gasteiger partial charge in [-0.15, -0.1) is 0 Å². The molecule has 11 heteroatoms. The van der Waals surface area contributed by atoms with Crippen LogP contribution in [0.15, 0.2) is 52.3 Å². The summed E-state index contributed by atoms with van der Waals surface area (Å²) in [6, 6.07) is 9.32. The van der Waals surface area contributed by atoms with Crippen LogP contribution in [0.25, 0.3) is 0 Å². The summed E-state index contributed by atoms with van der Waals surface area (Å²) in [5, 5.41) is 0. The van der Waals surface area contributed by atoms with Crippen molar-refractivity contribution in [3.63, 3.8) is 0 Å². The number of para-hydroxylation sites is 1. The van der Waals surface area contributed by atoms with Gasteiger partial charge in [0.05, 0.1) is 9.79 Å². The predicted octanol–water partition coefficient (Wildman–Crippen LogP) is -0.241. The average Bonchev–Trinajstić information content (AvgIpc) is 2.74. The summed E-state index contributed by atoms with van der Waals surface area (Å²) in [5.74, 6) is -0.156. The third-order valence-electron chi connectivity index (χ3n) is 5.47. The van der Waals surface area contributed by atoms with E-state index >= 15 is 0 Å². The van der Waals surface area contributed by atoms with E-state index in [1.807, 2.05) is 12.1 Å². The monoisotopic (exact) mass is 542 g/mol. The minimum atomic E-state index is -4.94. The van der Waals surface area contributed by atoms with Crippen molar-refractivity contribution < 1.29 is 89.8 Å². The molecule has 0 radical (unpaired) electrons. The van der Waals surface area contributed by atoms with E-state index in [4.69, 9.17) is 4.74 Å². The third-order valence-corrected chi connectivity index (χ3v) is 7.17. The Balaban J connectivity index is 0.00000578. The van der Waals surface area contributed by atoms with E-state index in [0.717, 1.165) is 43.0 Å². The molecule has 0 aromatic heterocycles. The van der Waals surface area contributed by atoms with Gasteiger partial charge in [0.25, 0.3) is 0 Å². The average molecular weight is 543 g/mol. The van der Waals surface area contributed by atoms with E-state index in [9.17, 15) is 25.9 Å². The molecule has 2 aromatic rings. The summed E-state index contributed by atoms with van der Waals surface area (Å²) >= 11 is 0. The fourth-order valence-corrected chi connectivity index (χ4v) is 4.73. The maximum absolute atomic E-state index is 11.6. The molecule has 184 valence electrons. The molecule has 0 saturated heterocycles. The standard InChI is InChI=1S/C24H34O7S2.2Na/c1-2-3-4-5-6-7-8-9-10-11-14-20-15-12-13-16-22(20)31-23-19-21(32(25,26)27)17-18-24(23)33(28,29)30;;/h12-13,15-19H,2-11,14H2,1H3,(H,25,26,27)(H,28,29,30);;/q;2*+1/p-2. The summed E-state index contributed by atoms with van der Waals surface area (Å²) in [6.45, 7) is 2.21. The van der Waals surface area contributed by atoms with Gasteiger partial charge >= 0.3 is 59.1 Å². The van der Waals surface area contributed by atoms with Gasteiger partial charge in [-0.1, -0.05) is 82.9 Å². The van der Waals surface area contributed by atoms with Crippen molar-refractivity contribution in [3.8, 4) is 11.5 Å². The molecule has 0 N–H and O–H groups in total. The Labute approximate surface area is 254 Å². The maximum atomic E-state index is 11.6. The Morgan fingerprint density at radius 1 is 0.686 bits per heavy atom. The Kier molecular flexibility index (Phi) is 17.6. The molecular formula is C24H32Na2O7S2. The molecule has 0 aliphatic carbocycles. The van der Waals surface area contributed by atoms with Gasteiger partial charge in [0.15, 0.2) is 0 Å². The molecule has 0 heterocycles. The van der Waals surface area contributed by atoms with Gasteiger partial charge in [-0.05, 0) is 42.7 Å².